The predicted molar refractivity (Wildman–Crippen MR) is 103 cm³/mol. The molecule has 0 N–H and O–H groups in total. The molecule has 4 rings (SSSR count). The zero-order chi connectivity index (χ0) is 17.9. The van der Waals surface area contributed by atoms with Gasteiger partial charge in [-0.2, -0.15) is 0 Å². The Morgan fingerprint density at radius 2 is 1.77 bits per heavy atom. The van der Waals surface area contributed by atoms with Crippen molar-refractivity contribution in [2.24, 2.45) is 0 Å². The Morgan fingerprint density at radius 1 is 1.00 bits per heavy atom. The van der Waals surface area contributed by atoms with E-state index in [9.17, 15) is 0 Å². The van der Waals surface area contributed by atoms with Crippen molar-refractivity contribution in [2.45, 2.75) is 26.3 Å². The smallest absolute Gasteiger partial charge is 0.152 e. The second kappa shape index (κ2) is 7.00. The van der Waals surface area contributed by atoms with Gasteiger partial charge in [-0.25, -0.2) is 4.98 Å². The molecule has 0 aliphatic rings. The molecular weight excluding hydrogens is 322 g/mol. The lowest BCUT2D eigenvalue weighted by Crippen LogP contribution is -2.09. The van der Waals surface area contributed by atoms with E-state index in [-0.39, 0.29) is 6.04 Å². The van der Waals surface area contributed by atoms with E-state index in [0.29, 0.717) is 0 Å². The molecule has 4 aromatic rings. The summed E-state index contributed by atoms with van der Waals surface area (Å²) in [6.45, 7) is 4.17. The number of imidazole rings is 1. The fourth-order valence-corrected chi connectivity index (χ4v) is 3.27. The number of pyridine rings is 1. The van der Waals surface area contributed by atoms with Gasteiger partial charge in [-0.1, -0.05) is 30.3 Å². The Morgan fingerprint density at radius 3 is 2.46 bits per heavy atom. The lowest BCUT2D eigenvalue weighted by atomic mass is 10.1. The van der Waals surface area contributed by atoms with Crippen LogP contribution < -0.4 is 0 Å². The molecule has 0 fully saturated rings. The summed E-state index contributed by atoms with van der Waals surface area (Å²) in [6.07, 6.45) is 6.49. The third kappa shape index (κ3) is 3.18. The molecule has 0 unspecified atom stereocenters. The molecule has 4 nitrogen and oxygen atoms in total. The average Bonchev–Trinajstić information content (AvgIpc) is 3.29. The third-order valence-corrected chi connectivity index (χ3v) is 4.57. The van der Waals surface area contributed by atoms with Gasteiger partial charge in [-0.3, -0.25) is 4.98 Å². The van der Waals surface area contributed by atoms with Crippen LogP contribution in [0.3, 0.4) is 0 Å². The predicted octanol–water partition coefficient (Wildman–Crippen LogP) is 5.32. The van der Waals surface area contributed by atoms with Crippen LogP contribution in [0.2, 0.25) is 0 Å². The van der Waals surface area contributed by atoms with Crippen molar-refractivity contribution in [2.75, 3.05) is 0 Å². The minimum Gasteiger partial charge on any atom is -0.460 e. The molecule has 0 amide bonds. The number of benzene rings is 1. The van der Waals surface area contributed by atoms with Crippen molar-refractivity contribution in [1.82, 2.24) is 14.5 Å². The lowest BCUT2D eigenvalue weighted by Gasteiger charge is -2.16. The fraction of sp³-hybridized carbons (Fsp3) is 0.182. The average molecular weight is 343 g/mol. The minimum absolute atomic E-state index is 0.239. The standard InChI is InChI=1S/C22H21N3O/c1-16(14-18-10-12-23-13-11-18)25-15-24-21(19-6-4-3-5-7-19)22(25)20-9-8-17(2)26-20/h3-13,15-16H,14H2,1-2H3/t16-/m1/s1. The van der Waals surface area contributed by atoms with E-state index in [4.69, 9.17) is 9.40 Å². The van der Waals surface area contributed by atoms with Gasteiger partial charge in [0.05, 0.1) is 12.0 Å². The molecule has 3 aromatic heterocycles. The Labute approximate surface area is 153 Å². The van der Waals surface area contributed by atoms with E-state index in [1.807, 2.05) is 56.0 Å². The molecule has 0 saturated carbocycles. The number of aromatic nitrogens is 3. The first-order valence-electron chi connectivity index (χ1n) is 8.80. The van der Waals surface area contributed by atoms with Crippen molar-refractivity contribution in [3.63, 3.8) is 0 Å². The molecule has 0 saturated heterocycles. The van der Waals surface area contributed by atoms with Gasteiger partial charge in [-0.05, 0) is 50.1 Å². The fourth-order valence-electron chi connectivity index (χ4n) is 3.27. The van der Waals surface area contributed by atoms with Crippen LogP contribution in [0.15, 0.2) is 77.7 Å². The van der Waals surface area contributed by atoms with Crippen LogP contribution >= 0.6 is 0 Å². The second-order valence-electron chi connectivity index (χ2n) is 6.53. The third-order valence-electron chi connectivity index (χ3n) is 4.57. The molecule has 26 heavy (non-hydrogen) atoms. The number of aryl methyl sites for hydroxylation is 1. The van der Waals surface area contributed by atoms with E-state index in [2.05, 4.69) is 40.7 Å². The largest absolute Gasteiger partial charge is 0.460 e. The number of hydrogen-bond acceptors (Lipinski definition) is 3. The van der Waals surface area contributed by atoms with E-state index in [0.717, 1.165) is 34.9 Å². The van der Waals surface area contributed by atoms with Gasteiger partial charge in [0.1, 0.15) is 11.5 Å². The molecule has 3 heterocycles. The summed E-state index contributed by atoms with van der Waals surface area (Å²) in [5.74, 6) is 1.74. The molecule has 0 radical (unpaired) electrons. The van der Waals surface area contributed by atoms with Crippen molar-refractivity contribution in [1.29, 1.82) is 0 Å². The van der Waals surface area contributed by atoms with Gasteiger partial charge in [0.15, 0.2) is 5.76 Å². The maximum atomic E-state index is 5.96. The quantitative estimate of drug-likeness (QED) is 0.493. The zero-order valence-corrected chi connectivity index (χ0v) is 15.0. The molecule has 0 bridgehead atoms. The van der Waals surface area contributed by atoms with E-state index in [1.54, 1.807) is 0 Å². The van der Waals surface area contributed by atoms with Crippen molar-refractivity contribution in [3.8, 4) is 22.7 Å². The van der Waals surface area contributed by atoms with Crippen LogP contribution in [-0.2, 0) is 6.42 Å². The highest BCUT2D eigenvalue weighted by Gasteiger charge is 2.20. The number of nitrogens with zero attached hydrogens (tertiary/aromatic N) is 3. The summed E-state index contributed by atoms with van der Waals surface area (Å²) in [6, 6.07) is 18.6. The highest BCUT2D eigenvalue weighted by Crippen LogP contribution is 2.34. The lowest BCUT2D eigenvalue weighted by molar-refractivity contribution is 0.516. The van der Waals surface area contributed by atoms with Gasteiger partial charge in [0, 0.05) is 24.0 Å². The molecule has 0 spiro atoms. The van der Waals surface area contributed by atoms with Gasteiger partial charge >= 0.3 is 0 Å². The maximum absolute atomic E-state index is 5.96. The van der Waals surface area contributed by atoms with Crippen LogP contribution in [-0.4, -0.2) is 14.5 Å². The van der Waals surface area contributed by atoms with Crippen LogP contribution in [0.25, 0.3) is 22.7 Å². The Hall–Kier alpha value is -3.14. The summed E-state index contributed by atoms with van der Waals surface area (Å²) < 4.78 is 8.17. The Kier molecular flexibility index (Phi) is 4.40. The molecule has 1 aromatic carbocycles. The van der Waals surface area contributed by atoms with Crippen molar-refractivity contribution >= 4 is 0 Å². The Balaban J connectivity index is 1.78. The molecular formula is C22H21N3O. The summed E-state index contributed by atoms with van der Waals surface area (Å²) in [4.78, 5) is 8.83. The first-order valence-corrected chi connectivity index (χ1v) is 8.80. The van der Waals surface area contributed by atoms with Crippen LogP contribution in [0.1, 0.15) is 24.3 Å². The number of furan rings is 1. The van der Waals surface area contributed by atoms with E-state index in [1.165, 1.54) is 5.56 Å². The molecule has 130 valence electrons. The van der Waals surface area contributed by atoms with Crippen molar-refractivity contribution < 1.29 is 4.42 Å². The Bertz CT molecular complexity index is 987. The molecule has 0 aliphatic heterocycles. The first kappa shape index (κ1) is 16.3. The maximum Gasteiger partial charge on any atom is 0.152 e. The normalized spacial score (nSPS) is 12.2. The topological polar surface area (TPSA) is 43.9 Å². The summed E-state index contributed by atoms with van der Waals surface area (Å²) >= 11 is 0. The van der Waals surface area contributed by atoms with Gasteiger partial charge in [0.25, 0.3) is 0 Å². The van der Waals surface area contributed by atoms with Crippen molar-refractivity contribution in [3.05, 3.63) is 84.6 Å². The molecule has 4 heteroatoms. The van der Waals surface area contributed by atoms with Gasteiger partial charge < -0.3 is 8.98 Å². The molecule has 1 atom stereocenters. The number of hydrogen-bond donors (Lipinski definition) is 0. The van der Waals surface area contributed by atoms with Gasteiger partial charge in [0.2, 0.25) is 0 Å². The summed E-state index contributed by atoms with van der Waals surface area (Å²) in [7, 11) is 0. The highest BCUT2D eigenvalue weighted by atomic mass is 16.3. The van der Waals surface area contributed by atoms with E-state index < -0.39 is 0 Å². The van der Waals surface area contributed by atoms with Gasteiger partial charge in [-0.15, -0.1) is 0 Å². The monoisotopic (exact) mass is 343 g/mol. The van der Waals surface area contributed by atoms with Crippen LogP contribution in [0.4, 0.5) is 0 Å². The summed E-state index contributed by atoms with van der Waals surface area (Å²) in [5, 5.41) is 0. The van der Waals surface area contributed by atoms with Crippen LogP contribution in [0, 0.1) is 6.92 Å². The summed E-state index contributed by atoms with van der Waals surface area (Å²) in [5.41, 5.74) is 4.31. The van der Waals surface area contributed by atoms with E-state index >= 15 is 0 Å². The first-order chi connectivity index (χ1) is 12.7. The highest BCUT2D eigenvalue weighted by molar-refractivity contribution is 5.76. The number of rotatable bonds is 5. The second-order valence-corrected chi connectivity index (χ2v) is 6.53. The zero-order valence-electron chi connectivity index (χ0n) is 15.0. The molecule has 0 aliphatic carbocycles. The minimum atomic E-state index is 0.239. The SMILES string of the molecule is Cc1ccc(-c2c(-c3ccccc3)ncn2[C@H](C)Cc2ccncc2)o1. The van der Waals surface area contributed by atoms with Crippen LogP contribution in [0.5, 0.6) is 0 Å².